The summed E-state index contributed by atoms with van der Waals surface area (Å²) in [7, 11) is 0. The second-order valence-electron chi connectivity index (χ2n) is 7.24. The first-order valence-electron chi connectivity index (χ1n) is 9.87. The number of aromatic nitrogens is 1. The molecule has 154 valence electrons. The molecule has 2 aromatic carbocycles. The minimum atomic E-state index is -0.913. The molecule has 2 aromatic heterocycles. The summed E-state index contributed by atoms with van der Waals surface area (Å²) in [5.74, 6) is -0.914. The number of ketones is 1. The van der Waals surface area contributed by atoms with Crippen molar-refractivity contribution in [3.8, 4) is 11.1 Å². The van der Waals surface area contributed by atoms with Crippen LogP contribution < -0.4 is 0 Å². The molecule has 4 nitrogen and oxygen atoms in total. The van der Waals surface area contributed by atoms with E-state index in [1.54, 1.807) is 5.38 Å². The fourth-order valence-electron chi connectivity index (χ4n) is 3.45. The Hall–Kier alpha value is -3.70. The molecular weight excluding hydrogens is 406 g/mol. The molecule has 2 heterocycles. The number of carboxylic acid groups (broad SMARTS) is 1. The third-order valence-corrected chi connectivity index (χ3v) is 5.95. The summed E-state index contributed by atoms with van der Waals surface area (Å²) < 4.78 is 1.92. The lowest BCUT2D eigenvalue weighted by molar-refractivity contribution is 0.0702. The number of hydrogen-bond donors (Lipinski definition) is 1. The SMILES string of the molecule is Cc1ccc(C(=O)c2cccn2C/C=C/c2cccc(-c3ccsc3C(=O)O)c2)cc1. The van der Waals surface area contributed by atoms with Crippen molar-refractivity contribution in [3.63, 3.8) is 0 Å². The van der Waals surface area contributed by atoms with Crippen LogP contribution in [0.25, 0.3) is 17.2 Å². The van der Waals surface area contributed by atoms with Gasteiger partial charge in [0, 0.05) is 23.9 Å². The van der Waals surface area contributed by atoms with Gasteiger partial charge < -0.3 is 9.67 Å². The Kier molecular flexibility index (Phi) is 5.96. The van der Waals surface area contributed by atoms with E-state index in [0.29, 0.717) is 22.7 Å². The van der Waals surface area contributed by atoms with Crippen LogP contribution in [-0.4, -0.2) is 21.4 Å². The Bertz CT molecular complexity index is 1260. The van der Waals surface area contributed by atoms with Crippen LogP contribution in [0.3, 0.4) is 0 Å². The van der Waals surface area contributed by atoms with E-state index in [0.717, 1.165) is 22.3 Å². The normalized spacial score (nSPS) is 11.1. The molecule has 4 rings (SSSR count). The predicted molar refractivity (Wildman–Crippen MR) is 125 cm³/mol. The van der Waals surface area contributed by atoms with E-state index in [-0.39, 0.29) is 5.78 Å². The van der Waals surface area contributed by atoms with Gasteiger partial charge in [-0.15, -0.1) is 11.3 Å². The third kappa shape index (κ3) is 4.57. The van der Waals surface area contributed by atoms with Crippen LogP contribution in [0.2, 0.25) is 0 Å². The molecule has 0 fully saturated rings. The number of allylic oxidation sites excluding steroid dienone is 1. The molecule has 0 radical (unpaired) electrons. The Labute approximate surface area is 184 Å². The molecule has 31 heavy (non-hydrogen) atoms. The van der Waals surface area contributed by atoms with Gasteiger partial charge in [0.05, 0.1) is 5.69 Å². The number of carbonyl (C=O) groups excluding carboxylic acids is 1. The zero-order valence-electron chi connectivity index (χ0n) is 17.0. The molecule has 0 unspecified atom stereocenters. The van der Waals surface area contributed by atoms with Crippen LogP contribution in [0, 0.1) is 6.92 Å². The largest absolute Gasteiger partial charge is 0.477 e. The summed E-state index contributed by atoms with van der Waals surface area (Å²) >= 11 is 1.22. The maximum absolute atomic E-state index is 12.8. The van der Waals surface area contributed by atoms with Crippen molar-refractivity contribution in [1.82, 2.24) is 4.57 Å². The van der Waals surface area contributed by atoms with E-state index in [1.807, 2.05) is 96.6 Å². The number of carbonyl (C=O) groups is 2. The zero-order valence-corrected chi connectivity index (χ0v) is 17.8. The minimum absolute atomic E-state index is 0.000875. The van der Waals surface area contributed by atoms with E-state index in [2.05, 4.69) is 0 Å². The molecule has 1 N–H and O–H groups in total. The lowest BCUT2D eigenvalue weighted by atomic mass is 10.0. The Morgan fingerprint density at radius 2 is 1.84 bits per heavy atom. The quantitative estimate of drug-likeness (QED) is 0.359. The van der Waals surface area contributed by atoms with Crippen molar-refractivity contribution in [2.75, 3.05) is 0 Å². The number of hydrogen-bond acceptors (Lipinski definition) is 3. The number of carboxylic acids is 1. The molecule has 0 saturated heterocycles. The van der Waals surface area contributed by atoms with Gasteiger partial charge in [-0.05, 0) is 47.7 Å². The van der Waals surface area contributed by atoms with Crippen molar-refractivity contribution in [2.45, 2.75) is 13.5 Å². The van der Waals surface area contributed by atoms with E-state index >= 15 is 0 Å². The molecular formula is C26H21NO3S. The van der Waals surface area contributed by atoms with E-state index in [4.69, 9.17) is 0 Å². The highest BCUT2D eigenvalue weighted by Gasteiger charge is 2.14. The average molecular weight is 428 g/mol. The predicted octanol–water partition coefficient (Wildman–Crippen LogP) is 6.17. The van der Waals surface area contributed by atoms with Crippen LogP contribution in [-0.2, 0) is 6.54 Å². The van der Waals surface area contributed by atoms with Gasteiger partial charge in [-0.2, -0.15) is 0 Å². The fraction of sp³-hybridized carbons (Fsp3) is 0.0769. The first-order chi connectivity index (χ1) is 15.0. The van der Waals surface area contributed by atoms with Gasteiger partial charge >= 0.3 is 5.97 Å². The van der Waals surface area contributed by atoms with Gasteiger partial charge in [-0.25, -0.2) is 4.79 Å². The second-order valence-corrected chi connectivity index (χ2v) is 8.15. The number of benzene rings is 2. The molecule has 0 aliphatic heterocycles. The first-order valence-corrected chi connectivity index (χ1v) is 10.7. The zero-order chi connectivity index (χ0) is 21.8. The standard InChI is InChI=1S/C26H21NO3S/c1-18-9-11-20(12-10-18)24(28)23-8-4-15-27(23)14-3-6-19-5-2-7-21(17-19)22-13-16-31-25(22)26(29)30/h2-13,15-17H,14H2,1H3,(H,29,30)/b6-3+. The fourth-order valence-corrected chi connectivity index (χ4v) is 4.20. The van der Waals surface area contributed by atoms with E-state index in [9.17, 15) is 14.7 Å². The van der Waals surface area contributed by atoms with Crippen molar-refractivity contribution in [3.05, 3.63) is 112 Å². The van der Waals surface area contributed by atoms with Gasteiger partial charge in [0.15, 0.2) is 0 Å². The van der Waals surface area contributed by atoms with Gasteiger partial charge in [0.1, 0.15) is 4.88 Å². The molecule has 0 spiro atoms. The number of thiophene rings is 1. The number of nitrogens with zero attached hydrogens (tertiary/aromatic N) is 1. The molecule has 0 atom stereocenters. The van der Waals surface area contributed by atoms with Gasteiger partial charge in [-0.1, -0.05) is 60.2 Å². The molecule has 0 saturated carbocycles. The average Bonchev–Trinajstić information content (AvgIpc) is 3.44. The summed E-state index contributed by atoms with van der Waals surface area (Å²) in [6, 6.07) is 20.9. The molecule has 0 aliphatic rings. The molecule has 0 aliphatic carbocycles. The number of aryl methyl sites for hydroxylation is 1. The van der Waals surface area contributed by atoms with Crippen molar-refractivity contribution < 1.29 is 14.7 Å². The Morgan fingerprint density at radius 1 is 1.03 bits per heavy atom. The maximum atomic E-state index is 12.8. The van der Waals surface area contributed by atoms with Crippen molar-refractivity contribution in [1.29, 1.82) is 0 Å². The van der Waals surface area contributed by atoms with Crippen molar-refractivity contribution in [2.24, 2.45) is 0 Å². The summed E-state index contributed by atoms with van der Waals surface area (Å²) in [5, 5.41) is 11.2. The monoisotopic (exact) mass is 427 g/mol. The summed E-state index contributed by atoms with van der Waals surface area (Å²) in [4.78, 5) is 24.6. The smallest absolute Gasteiger partial charge is 0.346 e. The van der Waals surface area contributed by atoms with Crippen LogP contribution in [0.1, 0.15) is 36.9 Å². The van der Waals surface area contributed by atoms with Gasteiger partial charge in [0.25, 0.3) is 0 Å². The molecule has 0 amide bonds. The highest BCUT2D eigenvalue weighted by atomic mass is 32.1. The van der Waals surface area contributed by atoms with Crippen LogP contribution in [0.4, 0.5) is 0 Å². The van der Waals surface area contributed by atoms with Gasteiger partial charge in [-0.3, -0.25) is 4.79 Å². The summed E-state index contributed by atoms with van der Waals surface area (Å²) in [6.07, 6.45) is 5.87. The maximum Gasteiger partial charge on any atom is 0.346 e. The van der Waals surface area contributed by atoms with Crippen LogP contribution in [0.5, 0.6) is 0 Å². The molecule has 5 heteroatoms. The third-order valence-electron chi connectivity index (χ3n) is 5.05. The molecule has 0 bridgehead atoms. The minimum Gasteiger partial charge on any atom is -0.477 e. The van der Waals surface area contributed by atoms with Gasteiger partial charge in [0.2, 0.25) is 5.78 Å². The Balaban J connectivity index is 1.51. The topological polar surface area (TPSA) is 59.3 Å². The highest BCUT2D eigenvalue weighted by Crippen LogP contribution is 2.29. The van der Waals surface area contributed by atoms with Crippen LogP contribution in [0.15, 0.2) is 84.4 Å². The van der Waals surface area contributed by atoms with Crippen molar-refractivity contribution >= 4 is 29.2 Å². The Morgan fingerprint density at radius 3 is 2.61 bits per heavy atom. The summed E-state index contributed by atoms with van der Waals surface area (Å²) in [5.41, 5.74) is 5.01. The first kappa shape index (κ1) is 20.6. The number of rotatable bonds is 7. The van der Waals surface area contributed by atoms with Crippen LogP contribution >= 0.6 is 11.3 Å². The number of aromatic carboxylic acids is 1. The second kappa shape index (κ2) is 8.98. The summed E-state index contributed by atoms with van der Waals surface area (Å²) in [6.45, 7) is 2.56. The van der Waals surface area contributed by atoms with E-state index < -0.39 is 5.97 Å². The molecule has 4 aromatic rings. The highest BCUT2D eigenvalue weighted by molar-refractivity contribution is 7.12. The van der Waals surface area contributed by atoms with E-state index in [1.165, 1.54) is 11.3 Å². The lowest BCUT2D eigenvalue weighted by Crippen LogP contribution is -2.09. The lowest BCUT2D eigenvalue weighted by Gasteiger charge is -2.07.